The van der Waals surface area contributed by atoms with Crippen LogP contribution in [-0.2, 0) is 6.54 Å². The molecule has 1 aliphatic rings. The summed E-state index contributed by atoms with van der Waals surface area (Å²) in [5, 5.41) is 24.6. The second kappa shape index (κ2) is 6.94. The highest BCUT2D eigenvalue weighted by atomic mass is 79.9. The number of nitro benzene ring substituents is 1. The highest BCUT2D eigenvalue weighted by Gasteiger charge is 2.23. The van der Waals surface area contributed by atoms with Crippen molar-refractivity contribution < 1.29 is 10.0 Å². The average molecular weight is 383 g/mol. The first-order valence-electron chi connectivity index (χ1n) is 7.77. The molecule has 2 N–H and O–H groups in total. The van der Waals surface area contributed by atoms with E-state index in [9.17, 15) is 15.2 Å². The van der Waals surface area contributed by atoms with Gasteiger partial charge in [-0.1, -0.05) is 0 Å². The fourth-order valence-electron chi connectivity index (χ4n) is 3.18. The Morgan fingerprint density at radius 2 is 2.35 bits per heavy atom. The van der Waals surface area contributed by atoms with E-state index in [1.54, 1.807) is 18.5 Å². The van der Waals surface area contributed by atoms with Crippen molar-refractivity contribution in [1.29, 1.82) is 0 Å². The van der Waals surface area contributed by atoms with Crippen molar-refractivity contribution in [1.82, 2.24) is 14.9 Å². The number of aryl methyl sites for hydroxylation is 1. The number of piperidine rings is 1. The Balaban J connectivity index is 1.75. The summed E-state index contributed by atoms with van der Waals surface area (Å²) >= 11 is 3.25. The molecule has 8 heteroatoms. The van der Waals surface area contributed by atoms with Gasteiger partial charge in [0.05, 0.1) is 27.3 Å². The normalized spacial score (nSPS) is 21.7. The van der Waals surface area contributed by atoms with Crippen molar-refractivity contribution >= 4 is 32.7 Å². The molecule has 0 bridgehead atoms. The molecule has 3 rings (SSSR count). The summed E-state index contributed by atoms with van der Waals surface area (Å²) in [6.45, 7) is 1.58. The Kier molecular flexibility index (Phi) is 4.93. The van der Waals surface area contributed by atoms with E-state index in [1.165, 1.54) is 0 Å². The molecule has 0 amide bonds. The number of benzene rings is 1. The number of nitrogens with zero attached hydrogens (tertiary/aromatic N) is 3. The van der Waals surface area contributed by atoms with Gasteiger partial charge >= 0.3 is 5.69 Å². The van der Waals surface area contributed by atoms with Gasteiger partial charge in [0, 0.05) is 12.6 Å². The van der Waals surface area contributed by atoms with E-state index in [0.717, 1.165) is 32.2 Å². The first-order valence-corrected chi connectivity index (χ1v) is 8.56. The lowest BCUT2D eigenvalue weighted by molar-refractivity contribution is -0.384. The van der Waals surface area contributed by atoms with Gasteiger partial charge in [-0.2, -0.15) is 0 Å². The summed E-state index contributed by atoms with van der Waals surface area (Å²) in [6, 6.07) is 3.54. The van der Waals surface area contributed by atoms with Crippen LogP contribution in [0.3, 0.4) is 0 Å². The zero-order chi connectivity index (χ0) is 16.4. The van der Waals surface area contributed by atoms with Crippen LogP contribution in [0.5, 0.6) is 0 Å². The molecule has 1 aromatic carbocycles. The summed E-state index contributed by atoms with van der Waals surface area (Å²) in [4.78, 5) is 15.2. The third-order valence-corrected chi connectivity index (χ3v) is 4.99. The predicted octanol–water partition coefficient (Wildman–Crippen LogP) is 2.60. The van der Waals surface area contributed by atoms with Crippen molar-refractivity contribution in [2.75, 3.05) is 6.54 Å². The van der Waals surface area contributed by atoms with E-state index in [0.29, 0.717) is 22.1 Å². The minimum absolute atomic E-state index is 0.0517. The van der Waals surface area contributed by atoms with Gasteiger partial charge in [0.2, 0.25) is 0 Å². The Morgan fingerprint density at radius 1 is 1.52 bits per heavy atom. The van der Waals surface area contributed by atoms with Crippen LogP contribution < -0.4 is 5.32 Å². The molecule has 0 spiro atoms. The highest BCUT2D eigenvalue weighted by Crippen LogP contribution is 2.33. The number of aromatic nitrogens is 2. The predicted molar refractivity (Wildman–Crippen MR) is 90.4 cm³/mol. The van der Waals surface area contributed by atoms with Crippen molar-refractivity contribution in [3.63, 3.8) is 0 Å². The number of aliphatic hydroxyl groups is 1. The van der Waals surface area contributed by atoms with Crippen LogP contribution in [0, 0.1) is 10.1 Å². The molecule has 1 aliphatic heterocycles. The van der Waals surface area contributed by atoms with E-state index in [-0.39, 0.29) is 22.8 Å². The van der Waals surface area contributed by atoms with Gasteiger partial charge in [0.15, 0.2) is 0 Å². The maximum absolute atomic E-state index is 11.3. The molecule has 23 heavy (non-hydrogen) atoms. The maximum atomic E-state index is 11.3. The van der Waals surface area contributed by atoms with Crippen LogP contribution in [0.2, 0.25) is 0 Å². The molecule has 0 aliphatic carbocycles. The number of nitro groups is 1. The van der Waals surface area contributed by atoms with E-state index in [2.05, 4.69) is 26.2 Å². The van der Waals surface area contributed by atoms with E-state index in [4.69, 9.17) is 0 Å². The number of nitrogens with one attached hydrogen (secondary N) is 1. The lowest BCUT2D eigenvalue weighted by atomic mass is 9.97. The van der Waals surface area contributed by atoms with E-state index >= 15 is 0 Å². The molecule has 2 aromatic rings. The van der Waals surface area contributed by atoms with Crippen LogP contribution in [0.25, 0.3) is 11.0 Å². The SMILES string of the molecule is O=[N+]([O-])c1c(Br)ccc2ncn(CCC[C@H]3NCCC[C@@H]3O)c12. The number of hydrogen-bond donors (Lipinski definition) is 2. The van der Waals surface area contributed by atoms with Crippen LogP contribution in [0.4, 0.5) is 5.69 Å². The van der Waals surface area contributed by atoms with Crippen LogP contribution in [-0.4, -0.2) is 38.3 Å². The minimum Gasteiger partial charge on any atom is -0.392 e. The van der Waals surface area contributed by atoms with Crippen molar-refractivity contribution in [2.45, 2.75) is 44.4 Å². The monoisotopic (exact) mass is 382 g/mol. The van der Waals surface area contributed by atoms with E-state index in [1.807, 2.05) is 4.57 Å². The molecule has 1 aromatic heterocycles. The molecular formula is C15H19BrN4O3. The molecule has 7 nitrogen and oxygen atoms in total. The molecule has 0 radical (unpaired) electrons. The quantitative estimate of drug-likeness (QED) is 0.612. The summed E-state index contributed by atoms with van der Waals surface area (Å²) in [7, 11) is 0. The Bertz CT molecular complexity index is 718. The Morgan fingerprint density at radius 3 is 3.09 bits per heavy atom. The van der Waals surface area contributed by atoms with Crippen molar-refractivity contribution in [2.24, 2.45) is 0 Å². The number of imidazole rings is 1. The van der Waals surface area contributed by atoms with Gasteiger partial charge in [-0.05, 0) is 60.3 Å². The van der Waals surface area contributed by atoms with Crippen LogP contribution in [0.15, 0.2) is 22.9 Å². The number of aliphatic hydroxyl groups excluding tert-OH is 1. The van der Waals surface area contributed by atoms with Crippen LogP contribution >= 0.6 is 15.9 Å². The number of hydrogen-bond acceptors (Lipinski definition) is 5. The Hall–Kier alpha value is -1.51. The lowest BCUT2D eigenvalue weighted by Gasteiger charge is -2.28. The molecule has 0 saturated carbocycles. The van der Waals surface area contributed by atoms with Gasteiger partial charge in [0.25, 0.3) is 0 Å². The van der Waals surface area contributed by atoms with Gasteiger partial charge in [-0.15, -0.1) is 0 Å². The highest BCUT2D eigenvalue weighted by molar-refractivity contribution is 9.10. The summed E-state index contributed by atoms with van der Waals surface area (Å²) in [6.07, 6.45) is 4.85. The molecule has 1 fully saturated rings. The fraction of sp³-hybridized carbons (Fsp3) is 0.533. The first-order chi connectivity index (χ1) is 11.1. The summed E-state index contributed by atoms with van der Waals surface area (Å²) < 4.78 is 2.29. The molecule has 2 atom stereocenters. The zero-order valence-electron chi connectivity index (χ0n) is 12.6. The Labute approximate surface area is 142 Å². The average Bonchev–Trinajstić information content (AvgIpc) is 2.92. The second-order valence-electron chi connectivity index (χ2n) is 5.87. The van der Waals surface area contributed by atoms with Gasteiger partial charge in [-0.25, -0.2) is 4.98 Å². The minimum atomic E-state index is -0.378. The summed E-state index contributed by atoms with van der Waals surface area (Å²) in [5.74, 6) is 0. The van der Waals surface area contributed by atoms with Crippen LogP contribution in [0.1, 0.15) is 25.7 Å². The third kappa shape index (κ3) is 3.39. The standard InChI is InChI=1S/C15H19BrN4O3/c16-10-5-6-12-15(14(10)20(22)23)19(9-18-12)8-2-3-11-13(21)4-1-7-17-11/h5-6,9,11,13,17,21H,1-4,7-8H2/t11-,13+/m1/s1. The molecule has 0 unspecified atom stereocenters. The lowest BCUT2D eigenvalue weighted by Crippen LogP contribution is -2.44. The molecule has 124 valence electrons. The smallest absolute Gasteiger partial charge is 0.309 e. The zero-order valence-corrected chi connectivity index (χ0v) is 14.2. The maximum Gasteiger partial charge on any atom is 0.309 e. The topological polar surface area (TPSA) is 93.2 Å². The largest absolute Gasteiger partial charge is 0.392 e. The van der Waals surface area contributed by atoms with Gasteiger partial charge < -0.3 is 15.0 Å². The number of rotatable bonds is 5. The fourth-order valence-corrected chi connectivity index (χ4v) is 3.64. The summed E-state index contributed by atoms with van der Waals surface area (Å²) in [5.41, 5.74) is 1.22. The second-order valence-corrected chi connectivity index (χ2v) is 6.73. The van der Waals surface area contributed by atoms with E-state index < -0.39 is 0 Å². The van der Waals surface area contributed by atoms with Gasteiger partial charge in [-0.3, -0.25) is 10.1 Å². The van der Waals surface area contributed by atoms with Crippen molar-refractivity contribution in [3.05, 3.63) is 33.0 Å². The number of halogens is 1. The third-order valence-electron chi connectivity index (χ3n) is 4.35. The first kappa shape index (κ1) is 16.4. The molecule has 2 heterocycles. The molecular weight excluding hydrogens is 364 g/mol. The number of fused-ring (bicyclic) bond motifs is 1. The van der Waals surface area contributed by atoms with Gasteiger partial charge in [0.1, 0.15) is 5.52 Å². The molecule has 1 saturated heterocycles. The van der Waals surface area contributed by atoms with Crippen molar-refractivity contribution in [3.8, 4) is 0 Å².